The number of carboxylic acids is 2. The summed E-state index contributed by atoms with van der Waals surface area (Å²) in [5, 5.41) is 39.6. The third-order valence-electron chi connectivity index (χ3n) is 5.45. The minimum atomic E-state index is -0.886. The average molecular weight is 538 g/mol. The van der Waals surface area contributed by atoms with E-state index in [1.807, 2.05) is 64.1 Å². The summed E-state index contributed by atoms with van der Waals surface area (Å²) in [4.78, 5) is 25.0. The van der Waals surface area contributed by atoms with Gasteiger partial charge in [-0.15, -0.1) is 0 Å². The van der Waals surface area contributed by atoms with Gasteiger partial charge in [0.15, 0.2) is 6.54 Å². The third-order valence-corrected chi connectivity index (χ3v) is 7.71. The molecule has 2 heterocycles. The molecule has 0 fully saturated rings. The van der Waals surface area contributed by atoms with E-state index in [-0.39, 0.29) is 24.3 Å². The number of rotatable bonds is 10. The van der Waals surface area contributed by atoms with Crippen molar-refractivity contribution >= 4 is 57.0 Å². The maximum absolute atomic E-state index is 11.1. The average Bonchev–Trinajstić information content (AvgIpc) is 3.37. The normalized spacial score (nSPS) is 14.6. The number of carbonyl (C=O) groups is 2. The van der Waals surface area contributed by atoms with E-state index in [9.17, 15) is 19.8 Å². The number of nitrogens with zero attached hydrogens (tertiary/aromatic N) is 2. The fourth-order valence-electron chi connectivity index (χ4n) is 3.77. The second-order valence-electron chi connectivity index (χ2n) is 8.07. The number of thiazole rings is 1. The van der Waals surface area contributed by atoms with Crippen LogP contribution < -0.4 is 9.47 Å². The van der Waals surface area contributed by atoms with E-state index < -0.39 is 11.9 Å². The van der Waals surface area contributed by atoms with E-state index in [4.69, 9.17) is 10.2 Å². The van der Waals surface area contributed by atoms with Crippen LogP contribution in [0.5, 0.6) is 11.5 Å². The van der Waals surface area contributed by atoms with Gasteiger partial charge in [-0.25, -0.2) is 0 Å². The molecule has 0 saturated carbocycles. The van der Waals surface area contributed by atoms with Gasteiger partial charge in [-0.1, -0.05) is 53.5 Å². The van der Waals surface area contributed by atoms with E-state index in [1.54, 1.807) is 24.3 Å². The van der Waals surface area contributed by atoms with Crippen LogP contribution in [0.2, 0.25) is 0 Å². The number of thioether (sulfide) groups is 1. The molecule has 0 spiro atoms. The Hall–Kier alpha value is -4.02. The maximum atomic E-state index is 11.1. The smallest absolute Gasteiger partial charge is 0.309 e. The SMILES string of the molecule is O=C(O)CCN1\C(=C/C=C/C=C/C=C/c2sc3ccc(O)cc3[n+]2CCC(=O)O)Sc2ccc(O)cc21. The van der Waals surface area contributed by atoms with Crippen LogP contribution in [0.3, 0.4) is 0 Å². The van der Waals surface area contributed by atoms with Crippen LogP contribution >= 0.6 is 23.1 Å². The first-order chi connectivity index (χ1) is 17.8. The highest BCUT2D eigenvalue weighted by molar-refractivity contribution is 8.03. The molecule has 0 aliphatic carbocycles. The molecule has 1 aromatic heterocycles. The Labute approximate surface area is 221 Å². The second kappa shape index (κ2) is 11.8. The topological polar surface area (TPSA) is 122 Å². The number of anilines is 1. The number of benzene rings is 2. The summed E-state index contributed by atoms with van der Waals surface area (Å²) < 4.78 is 2.84. The minimum Gasteiger partial charge on any atom is -0.508 e. The number of aromatic hydroxyl groups is 2. The van der Waals surface area contributed by atoms with Crippen molar-refractivity contribution in [3.63, 3.8) is 0 Å². The number of fused-ring (bicyclic) bond motifs is 2. The van der Waals surface area contributed by atoms with Crippen molar-refractivity contribution in [1.82, 2.24) is 0 Å². The van der Waals surface area contributed by atoms with E-state index in [1.165, 1.54) is 23.1 Å². The number of phenolic OH excluding ortho intramolecular Hbond substituents is 2. The molecular weight excluding hydrogens is 512 g/mol. The van der Waals surface area contributed by atoms with Gasteiger partial charge in [-0.2, -0.15) is 4.57 Å². The molecule has 1 aliphatic rings. The molecule has 0 radical (unpaired) electrons. The Morgan fingerprint density at radius 2 is 1.59 bits per heavy atom. The number of aromatic nitrogens is 1. The number of aliphatic carboxylic acids is 2. The quantitative estimate of drug-likeness (QED) is 0.207. The van der Waals surface area contributed by atoms with Crippen LogP contribution in [-0.4, -0.2) is 38.9 Å². The van der Waals surface area contributed by atoms with Gasteiger partial charge in [0, 0.05) is 23.6 Å². The Morgan fingerprint density at radius 3 is 2.38 bits per heavy atom. The summed E-state index contributed by atoms with van der Waals surface area (Å²) in [5.41, 5.74) is 1.58. The fraction of sp³-hybridized carbons (Fsp3) is 0.148. The van der Waals surface area contributed by atoms with Crippen LogP contribution in [0.4, 0.5) is 5.69 Å². The zero-order chi connectivity index (χ0) is 26.4. The van der Waals surface area contributed by atoms with E-state index in [0.717, 1.165) is 30.8 Å². The Bertz CT molecular complexity index is 1450. The molecule has 0 atom stereocenters. The lowest BCUT2D eigenvalue weighted by molar-refractivity contribution is -0.667. The number of carboxylic acid groups (broad SMARTS) is 2. The lowest BCUT2D eigenvalue weighted by Crippen LogP contribution is -2.36. The first kappa shape index (κ1) is 26.1. The maximum Gasteiger partial charge on any atom is 0.309 e. The summed E-state index contributed by atoms with van der Waals surface area (Å²) >= 11 is 3.03. The lowest BCUT2D eigenvalue weighted by Gasteiger charge is -2.19. The number of hydrogen-bond acceptors (Lipinski definition) is 7. The van der Waals surface area contributed by atoms with Gasteiger partial charge in [-0.3, -0.25) is 9.59 Å². The molecule has 0 bridgehead atoms. The number of allylic oxidation sites excluding steroid dienone is 6. The van der Waals surface area contributed by atoms with Crippen molar-refractivity contribution in [2.75, 3.05) is 11.4 Å². The highest BCUT2D eigenvalue weighted by Crippen LogP contribution is 2.47. The Kier molecular flexibility index (Phi) is 8.32. The standard InChI is InChI=1S/C27H24N2O6S2/c30-18-8-10-22-20(16-18)28(14-12-26(32)33)24(36-22)6-4-2-1-3-5-7-25-29(15-13-27(34)35)21-17-19(31)9-11-23(21)37-25/h1-11,16-17H,12-15H2,(H3-,30,31,32,33,34,35)/p+1. The van der Waals surface area contributed by atoms with Gasteiger partial charge in [0.25, 0.3) is 5.01 Å². The molecular formula is C27H25N2O6S2+. The first-order valence-electron chi connectivity index (χ1n) is 11.4. The molecule has 0 saturated heterocycles. The van der Waals surface area contributed by atoms with Gasteiger partial charge in [0.1, 0.15) is 22.6 Å². The van der Waals surface area contributed by atoms with Crippen LogP contribution in [0.15, 0.2) is 82.8 Å². The van der Waals surface area contributed by atoms with Crippen LogP contribution in [0, 0.1) is 0 Å². The van der Waals surface area contributed by atoms with Gasteiger partial charge < -0.3 is 25.3 Å². The monoisotopic (exact) mass is 537 g/mol. The molecule has 1 aliphatic heterocycles. The van der Waals surface area contributed by atoms with Gasteiger partial charge in [-0.05, 0) is 30.3 Å². The van der Waals surface area contributed by atoms with E-state index in [0.29, 0.717) is 13.1 Å². The predicted molar refractivity (Wildman–Crippen MR) is 145 cm³/mol. The molecule has 4 rings (SSSR count). The third kappa shape index (κ3) is 6.60. The number of hydrogen-bond donors (Lipinski definition) is 4. The summed E-state index contributed by atoms with van der Waals surface area (Å²) in [6, 6.07) is 10.1. The molecule has 190 valence electrons. The van der Waals surface area contributed by atoms with Gasteiger partial charge >= 0.3 is 11.9 Å². The molecule has 8 nitrogen and oxygen atoms in total. The van der Waals surface area contributed by atoms with E-state index in [2.05, 4.69) is 0 Å². The van der Waals surface area contributed by atoms with E-state index >= 15 is 0 Å². The molecule has 10 heteroatoms. The zero-order valence-electron chi connectivity index (χ0n) is 19.7. The predicted octanol–water partition coefficient (Wildman–Crippen LogP) is 5.13. The molecule has 0 amide bonds. The number of phenols is 2. The zero-order valence-corrected chi connectivity index (χ0v) is 21.3. The molecule has 0 unspecified atom stereocenters. The minimum absolute atomic E-state index is 0.0226. The second-order valence-corrected chi connectivity index (χ2v) is 10.2. The van der Waals surface area contributed by atoms with Crippen molar-refractivity contribution in [3.8, 4) is 11.5 Å². The highest BCUT2D eigenvalue weighted by atomic mass is 32.2. The highest BCUT2D eigenvalue weighted by Gasteiger charge is 2.25. The Balaban J connectivity index is 1.46. The molecule has 2 aromatic carbocycles. The molecule has 4 N–H and O–H groups in total. The molecule has 37 heavy (non-hydrogen) atoms. The van der Waals surface area contributed by atoms with Gasteiger partial charge in [0.2, 0.25) is 5.52 Å². The first-order valence-corrected chi connectivity index (χ1v) is 13.0. The van der Waals surface area contributed by atoms with Crippen LogP contribution in [0.1, 0.15) is 17.8 Å². The van der Waals surface area contributed by atoms with Crippen LogP contribution in [-0.2, 0) is 16.1 Å². The summed E-state index contributed by atoms with van der Waals surface area (Å²) in [6.45, 7) is 0.595. The summed E-state index contributed by atoms with van der Waals surface area (Å²) in [7, 11) is 0. The van der Waals surface area contributed by atoms with Crippen molar-refractivity contribution in [3.05, 3.63) is 82.9 Å². The van der Waals surface area contributed by atoms with Crippen molar-refractivity contribution in [2.24, 2.45) is 0 Å². The van der Waals surface area contributed by atoms with Crippen molar-refractivity contribution in [1.29, 1.82) is 0 Å². The summed E-state index contributed by atoms with van der Waals surface area (Å²) in [6.07, 6.45) is 13.0. The van der Waals surface area contributed by atoms with Crippen molar-refractivity contribution in [2.45, 2.75) is 24.3 Å². The molecule has 3 aromatic rings. The number of aryl methyl sites for hydroxylation is 1. The van der Waals surface area contributed by atoms with Crippen LogP contribution in [0.25, 0.3) is 16.3 Å². The fourth-order valence-corrected chi connectivity index (χ4v) is 5.93. The van der Waals surface area contributed by atoms with Crippen molar-refractivity contribution < 1.29 is 34.6 Å². The largest absolute Gasteiger partial charge is 0.508 e. The lowest BCUT2D eigenvalue weighted by atomic mass is 10.2. The van der Waals surface area contributed by atoms with Gasteiger partial charge in [0.05, 0.1) is 23.2 Å². The summed E-state index contributed by atoms with van der Waals surface area (Å²) in [5.74, 6) is -1.51. The Morgan fingerprint density at radius 1 is 0.892 bits per heavy atom.